The van der Waals surface area contributed by atoms with Crippen molar-refractivity contribution in [3.8, 4) is 0 Å². The molecule has 1 saturated heterocycles. The Kier molecular flexibility index (Phi) is 6.82. The van der Waals surface area contributed by atoms with Gasteiger partial charge in [-0.2, -0.15) is 0 Å². The van der Waals surface area contributed by atoms with Crippen molar-refractivity contribution in [2.45, 2.75) is 33.2 Å². The van der Waals surface area contributed by atoms with Crippen molar-refractivity contribution in [2.24, 2.45) is 0 Å². The van der Waals surface area contributed by atoms with Crippen LogP contribution in [0.3, 0.4) is 0 Å². The highest BCUT2D eigenvalue weighted by Crippen LogP contribution is 2.20. The molecule has 3 rings (SSSR count). The molecular weight excluding hydrogens is 352 g/mol. The Hall–Kier alpha value is -2.66. The number of anilines is 1. The maximum atomic E-state index is 12.5. The molecular formula is C23H28N2O3. The quantitative estimate of drug-likeness (QED) is 0.772. The molecule has 1 aliphatic heterocycles. The number of aryl methyl sites for hydroxylation is 1. The standard InChI is InChI=1S/C23H28N2O3/c1-3-22(26)25(17-20-6-4-18(2)5-7-20)21-10-8-19(9-11-21)16-23(27)24-12-14-28-15-13-24/h4-11H,3,12-17H2,1-2H3. The van der Waals surface area contributed by atoms with Crippen LogP contribution in [-0.4, -0.2) is 43.0 Å². The number of rotatable bonds is 6. The van der Waals surface area contributed by atoms with E-state index in [9.17, 15) is 9.59 Å². The van der Waals surface area contributed by atoms with E-state index in [0.717, 1.165) is 16.8 Å². The van der Waals surface area contributed by atoms with Gasteiger partial charge in [-0.3, -0.25) is 9.59 Å². The molecule has 0 atom stereocenters. The summed E-state index contributed by atoms with van der Waals surface area (Å²) in [5, 5.41) is 0. The first kappa shape index (κ1) is 20.1. The summed E-state index contributed by atoms with van der Waals surface area (Å²) in [5.74, 6) is 0.204. The Bertz CT molecular complexity index is 794. The first-order valence-corrected chi connectivity index (χ1v) is 9.87. The van der Waals surface area contributed by atoms with Crippen LogP contribution in [0.2, 0.25) is 0 Å². The third kappa shape index (κ3) is 5.20. The maximum absolute atomic E-state index is 12.5. The van der Waals surface area contributed by atoms with E-state index in [1.807, 2.05) is 36.1 Å². The second-order valence-corrected chi connectivity index (χ2v) is 7.16. The Morgan fingerprint density at radius 3 is 2.18 bits per heavy atom. The lowest BCUT2D eigenvalue weighted by molar-refractivity contribution is -0.134. The van der Waals surface area contributed by atoms with Gasteiger partial charge in [0, 0.05) is 25.2 Å². The molecule has 5 heteroatoms. The van der Waals surface area contributed by atoms with Gasteiger partial charge in [0.05, 0.1) is 26.2 Å². The molecule has 1 aliphatic rings. The highest BCUT2D eigenvalue weighted by atomic mass is 16.5. The first-order valence-electron chi connectivity index (χ1n) is 9.87. The van der Waals surface area contributed by atoms with E-state index in [2.05, 4.69) is 31.2 Å². The summed E-state index contributed by atoms with van der Waals surface area (Å²) < 4.78 is 5.30. The van der Waals surface area contributed by atoms with Gasteiger partial charge >= 0.3 is 0 Å². The van der Waals surface area contributed by atoms with Crippen LogP contribution < -0.4 is 4.90 Å². The number of morpholine rings is 1. The summed E-state index contributed by atoms with van der Waals surface area (Å²) in [6.07, 6.45) is 0.823. The summed E-state index contributed by atoms with van der Waals surface area (Å²) in [7, 11) is 0. The molecule has 0 bridgehead atoms. The van der Waals surface area contributed by atoms with Crippen LogP contribution in [-0.2, 0) is 27.3 Å². The third-order valence-corrected chi connectivity index (χ3v) is 5.03. The van der Waals surface area contributed by atoms with Gasteiger partial charge in [-0.25, -0.2) is 0 Å². The molecule has 5 nitrogen and oxygen atoms in total. The largest absolute Gasteiger partial charge is 0.378 e. The highest BCUT2D eigenvalue weighted by Gasteiger charge is 2.18. The van der Waals surface area contributed by atoms with Crippen molar-refractivity contribution in [1.29, 1.82) is 0 Å². The van der Waals surface area contributed by atoms with Crippen molar-refractivity contribution < 1.29 is 14.3 Å². The molecule has 0 spiro atoms. The minimum Gasteiger partial charge on any atom is -0.378 e. The van der Waals surface area contributed by atoms with Crippen LogP contribution in [0.1, 0.15) is 30.0 Å². The summed E-state index contributed by atoms with van der Waals surface area (Å²) in [5.41, 5.74) is 4.11. The average Bonchev–Trinajstić information content (AvgIpc) is 2.74. The van der Waals surface area contributed by atoms with Gasteiger partial charge in [0.15, 0.2) is 0 Å². The topological polar surface area (TPSA) is 49.9 Å². The van der Waals surface area contributed by atoms with E-state index in [0.29, 0.717) is 45.7 Å². The number of carbonyl (C=O) groups excluding carboxylic acids is 2. The van der Waals surface area contributed by atoms with Gasteiger partial charge < -0.3 is 14.5 Å². The third-order valence-electron chi connectivity index (χ3n) is 5.03. The van der Waals surface area contributed by atoms with E-state index >= 15 is 0 Å². The van der Waals surface area contributed by atoms with Crippen LogP contribution in [0.5, 0.6) is 0 Å². The first-order chi connectivity index (χ1) is 13.6. The zero-order chi connectivity index (χ0) is 19.9. The number of nitrogens with zero attached hydrogens (tertiary/aromatic N) is 2. The monoisotopic (exact) mass is 380 g/mol. The zero-order valence-electron chi connectivity index (χ0n) is 16.7. The Labute approximate surface area is 166 Å². The van der Waals surface area contributed by atoms with Gasteiger partial charge in [0.25, 0.3) is 0 Å². The lowest BCUT2D eigenvalue weighted by atomic mass is 10.1. The lowest BCUT2D eigenvalue weighted by Gasteiger charge is -2.27. The maximum Gasteiger partial charge on any atom is 0.227 e. The minimum absolute atomic E-state index is 0.0812. The lowest BCUT2D eigenvalue weighted by Crippen LogP contribution is -2.41. The molecule has 2 aromatic carbocycles. The highest BCUT2D eigenvalue weighted by molar-refractivity contribution is 5.93. The van der Waals surface area contributed by atoms with Gasteiger partial charge in [-0.1, -0.05) is 48.9 Å². The summed E-state index contributed by atoms with van der Waals surface area (Å²) in [6.45, 7) is 7.00. The van der Waals surface area contributed by atoms with E-state index < -0.39 is 0 Å². The van der Waals surface area contributed by atoms with Crippen molar-refractivity contribution >= 4 is 17.5 Å². The number of amides is 2. The fourth-order valence-corrected chi connectivity index (χ4v) is 3.28. The fraction of sp³-hybridized carbons (Fsp3) is 0.391. The van der Waals surface area contributed by atoms with Crippen molar-refractivity contribution in [2.75, 3.05) is 31.2 Å². The van der Waals surface area contributed by atoms with Gasteiger partial charge in [0.2, 0.25) is 11.8 Å². The number of hydrogen-bond acceptors (Lipinski definition) is 3. The van der Waals surface area contributed by atoms with Gasteiger partial charge in [-0.15, -0.1) is 0 Å². The van der Waals surface area contributed by atoms with Crippen molar-refractivity contribution in [1.82, 2.24) is 4.90 Å². The average molecular weight is 380 g/mol. The molecule has 0 aromatic heterocycles. The molecule has 0 unspecified atom stereocenters. The van der Waals surface area contributed by atoms with E-state index in [-0.39, 0.29) is 11.8 Å². The van der Waals surface area contributed by atoms with Crippen molar-refractivity contribution in [3.63, 3.8) is 0 Å². The van der Waals surface area contributed by atoms with Gasteiger partial charge in [-0.05, 0) is 30.2 Å². The molecule has 0 aliphatic carbocycles. The smallest absolute Gasteiger partial charge is 0.227 e. The molecule has 1 fully saturated rings. The summed E-state index contributed by atoms with van der Waals surface area (Å²) in [6, 6.07) is 16.0. The number of benzene rings is 2. The van der Waals surface area contributed by atoms with Crippen LogP contribution in [0, 0.1) is 6.92 Å². The molecule has 0 saturated carbocycles. The zero-order valence-corrected chi connectivity index (χ0v) is 16.7. The Balaban J connectivity index is 1.69. The second-order valence-electron chi connectivity index (χ2n) is 7.16. The Morgan fingerprint density at radius 2 is 1.57 bits per heavy atom. The van der Waals surface area contributed by atoms with E-state index in [1.165, 1.54) is 5.56 Å². The normalized spacial score (nSPS) is 14.0. The minimum atomic E-state index is 0.0812. The molecule has 0 N–H and O–H groups in total. The van der Waals surface area contributed by atoms with Crippen molar-refractivity contribution in [3.05, 3.63) is 65.2 Å². The van der Waals surface area contributed by atoms with Crippen LogP contribution in [0.15, 0.2) is 48.5 Å². The SMILES string of the molecule is CCC(=O)N(Cc1ccc(C)cc1)c1ccc(CC(=O)N2CCOCC2)cc1. The number of carbonyl (C=O) groups is 2. The molecule has 1 heterocycles. The van der Waals surface area contributed by atoms with E-state index in [1.54, 1.807) is 4.90 Å². The molecule has 148 valence electrons. The van der Waals surface area contributed by atoms with Crippen LogP contribution in [0.25, 0.3) is 0 Å². The predicted octanol–water partition coefficient (Wildman–Crippen LogP) is 3.34. The summed E-state index contributed by atoms with van der Waals surface area (Å²) in [4.78, 5) is 28.6. The fourth-order valence-electron chi connectivity index (χ4n) is 3.28. The molecule has 2 amide bonds. The number of ether oxygens (including phenoxy) is 1. The van der Waals surface area contributed by atoms with Crippen LogP contribution >= 0.6 is 0 Å². The molecule has 2 aromatic rings. The van der Waals surface area contributed by atoms with Gasteiger partial charge in [0.1, 0.15) is 0 Å². The molecule has 28 heavy (non-hydrogen) atoms. The van der Waals surface area contributed by atoms with Crippen LogP contribution in [0.4, 0.5) is 5.69 Å². The number of hydrogen-bond donors (Lipinski definition) is 0. The second kappa shape index (κ2) is 9.51. The molecule has 0 radical (unpaired) electrons. The predicted molar refractivity (Wildman–Crippen MR) is 110 cm³/mol. The van der Waals surface area contributed by atoms with E-state index in [4.69, 9.17) is 4.74 Å². The summed E-state index contributed by atoms with van der Waals surface area (Å²) >= 11 is 0. The Morgan fingerprint density at radius 1 is 0.964 bits per heavy atom.